The van der Waals surface area contributed by atoms with Crippen LogP contribution in [-0.4, -0.2) is 51.2 Å². The molecule has 0 aliphatic heterocycles. The van der Waals surface area contributed by atoms with Crippen molar-refractivity contribution < 1.29 is 17.6 Å². The minimum atomic E-state index is -3.23. The van der Waals surface area contributed by atoms with Gasteiger partial charge in [0.15, 0.2) is 0 Å². The monoisotopic (exact) mass is 353 g/mol. The highest BCUT2D eigenvalue weighted by atomic mass is 32.2. The lowest BCUT2D eigenvalue weighted by molar-refractivity contribution is -0.117. The summed E-state index contributed by atoms with van der Waals surface area (Å²) in [5.41, 5.74) is 0.564. The normalized spacial score (nSPS) is 11.4. The van der Waals surface area contributed by atoms with Crippen LogP contribution in [0.25, 0.3) is 10.6 Å². The average molecular weight is 353 g/mol. The van der Waals surface area contributed by atoms with Gasteiger partial charge in [0.2, 0.25) is 5.91 Å². The molecule has 0 aliphatic carbocycles. The van der Waals surface area contributed by atoms with E-state index in [0.29, 0.717) is 15.6 Å². The predicted octanol–water partition coefficient (Wildman–Crippen LogP) is 0.536. The molecule has 2 radical (unpaired) electrons. The standard InChI is InChI=1S/C13H13BFN3O3S2/c1-18(10(19)3-4-23(2,20)21)13-11(14)17-12(22-13)8-5-9(15)7-16-6-8/h5-7H,3-4H2,1-2H3. The fourth-order valence-corrected chi connectivity index (χ4v) is 3.26. The minimum absolute atomic E-state index is 0.115. The number of pyridine rings is 1. The molecule has 0 bridgehead atoms. The molecule has 2 aromatic heterocycles. The van der Waals surface area contributed by atoms with Crippen LogP contribution in [0.3, 0.4) is 0 Å². The fourth-order valence-electron chi connectivity index (χ4n) is 1.77. The Bertz CT molecular complexity index is 839. The molecule has 1 amide bonds. The summed E-state index contributed by atoms with van der Waals surface area (Å²) in [4.78, 5) is 21.2. The van der Waals surface area contributed by atoms with Gasteiger partial charge in [0.05, 0.1) is 11.9 Å². The zero-order valence-corrected chi connectivity index (χ0v) is 14.1. The zero-order chi connectivity index (χ0) is 17.2. The van der Waals surface area contributed by atoms with E-state index in [1.54, 1.807) is 0 Å². The number of nitrogens with zero attached hydrogens (tertiary/aromatic N) is 3. The first-order chi connectivity index (χ1) is 10.7. The second kappa shape index (κ2) is 6.75. The van der Waals surface area contributed by atoms with E-state index in [1.165, 1.54) is 24.2 Å². The van der Waals surface area contributed by atoms with Crippen molar-refractivity contribution in [3.05, 3.63) is 24.3 Å². The molecule has 0 atom stereocenters. The number of sulfone groups is 1. The molecule has 2 heterocycles. The van der Waals surface area contributed by atoms with Crippen LogP contribution in [0, 0.1) is 5.82 Å². The van der Waals surface area contributed by atoms with Crippen LogP contribution in [0.4, 0.5) is 9.39 Å². The third-order valence-corrected chi connectivity index (χ3v) is 5.09. The van der Waals surface area contributed by atoms with E-state index in [4.69, 9.17) is 7.85 Å². The topological polar surface area (TPSA) is 80.2 Å². The van der Waals surface area contributed by atoms with Crippen molar-refractivity contribution >= 4 is 45.5 Å². The number of carbonyl (C=O) groups is 1. The molecule has 120 valence electrons. The van der Waals surface area contributed by atoms with Crippen LogP contribution in [-0.2, 0) is 14.6 Å². The van der Waals surface area contributed by atoms with Crippen molar-refractivity contribution in [2.24, 2.45) is 0 Å². The first-order valence-corrected chi connectivity index (χ1v) is 9.36. The molecular weight excluding hydrogens is 340 g/mol. The van der Waals surface area contributed by atoms with Crippen LogP contribution < -0.4 is 10.5 Å². The summed E-state index contributed by atoms with van der Waals surface area (Å²) < 4.78 is 35.5. The van der Waals surface area contributed by atoms with Gasteiger partial charge < -0.3 is 4.90 Å². The van der Waals surface area contributed by atoms with E-state index < -0.39 is 21.6 Å². The first-order valence-electron chi connectivity index (χ1n) is 6.49. The third kappa shape index (κ3) is 4.58. The molecule has 0 saturated heterocycles. The summed E-state index contributed by atoms with van der Waals surface area (Å²) in [7, 11) is 4.07. The number of carbonyl (C=O) groups excluding carboxylic acids is 1. The first kappa shape index (κ1) is 17.5. The lowest BCUT2D eigenvalue weighted by Gasteiger charge is -2.15. The van der Waals surface area contributed by atoms with Crippen molar-refractivity contribution in [2.45, 2.75) is 6.42 Å². The molecule has 0 unspecified atom stereocenters. The maximum absolute atomic E-state index is 13.2. The summed E-state index contributed by atoms with van der Waals surface area (Å²) in [6.07, 6.45) is 3.43. The lowest BCUT2D eigenvalue weighted by atomic mass is 10.1. The molecule has 0 N–H and O–H groups in total. The van der Waals surface area contributed by atoms with E-state index in [0.717, 1.165) is 23.8 Å². The Morgan fingerprint density at radius 3 is 2.74 bits per heavy atom. The largest absolute Gasteiger partial charge is 0.306 e. The summed E-state index contributed by atoms with van der Waals surface area (Å²) in [6.45, 7) is 0. The Morgan fingerprint density at radius 2 is 2.13 bits per heavy atom. The number of anilines is 1. The van der Waals surface area contributed by atoms with Crippen molar-refractivity contribution in [1.29, 1.82) is 0 Å². The summed E-state index contributed by atoms with van der Waals surface area (Å²) >= 11 is 1.10. The van der Waals surface area contributed by atoms with Crippen LogP contribution in [0.2, 0.25) is 0 Å². The molecule has 2 rings (SSSR count). The molecule has 0 aromatic carbocycles. The Hall–Kier alpha value is -1.81. The van der Waals surface area contributed by atoms with Gasteiger partial charge >= 0.3 is 0 Å². The number of halogens is 1. The molecule has 0 fully saturated rings. The van der Waals surface area contributed by atoms with Crippen molar-refractivity contribution in [2.75, 3.05) is 24.0 Å². The SMILES string of the molecule is [B]c1nc(-c2cncc(F)c2)sc1N(C)C(=O)CCS(C)(=O)=O. The lowest BCUT2D eigenvalue weighted by Crippen LogP contribution is -2.30. The zero-order valence-electron chi connectivity index (χ0n) is 12.5. The van der Waals surface area contributed by atoms with Crippen molar-refractivity contribution in [1.82, 2.24) is 9.97 Å². The van der Waals surface area contributed by atoms with Gasteiger partial charge in [0.1, 0.15) is 33.5 Å². The molecule has 6 nitrogen and oxygen atoms in total. The smallest absolute Gasteiger partial charge is 0.228 e. The van der Waals surface area contributed by atoms with Gasteiger partial charge in [-0.2, -0.15) is 0 Å². The average Bonchev–Trinajstić information content (AvgIpc) is 2.85. The van der Waals surface area contributed by atoms with Crippen LogP contribution in [0.5, 0.6) is 0 Å². The fraction of sp³-hybridized carbons (Fsp3) is 0.308. The molecule has 0 saturated carbocycles. The van der Waals surface area contributed by atoms with Crippen molar-refractivity contribution in [3.63, 3.8) is 0 Å². The highest BCUT2D eigenvalue weighted by Gasteiger charge is 2.19. The van der Waals surface area contributed by atoms with E-state index in [2.05, 4.69) is 9.97 Å². The molecule has 10 heteroatoms. The van der Waals surface area contributed by atoms with Crippen LogP contribution in [0.1, 0.15) is 6.42 Å². The Labute approximate surface area is 138 Å². The molecule has 0 aliphatic rings. The maximum Gasteiger partial charge on any atom is 0.228 e. The van der Waals surface area contributed by atoms with Gasteiger partial charge in [-0.3, -0.25) is 14.8 Å². The second-order valence-electron chi connectivity index (χ2n) is 4.93. The Kier molecular flexibility index (Phi) is 5.15. The molecular formula is C13H13BFN3O3S2. The van der Waals surface area contributed by atoms with E-state index in [-0.39, 0.29) is 17.8 Å². The molecule has 2 aromatic rings. The van der Waals surface area contributed by atoms with E-state index >= 15 is 0 Å². The minimum Gasteiger partial charge on any atom is -0.306 e. The summed E-state index contributed by atoms with van der Waals surface area (Å²) in [5.74, 6) is -1.14. The van der Waals surface area contributed by atoms with Gasteiger partial charge in [-0.25, -0.2) is 12.8 Å². The Balaban J connectivity index is 2.22. The van der Waals surface area contributed by atoms with Crippen LogP contribution in [0.15, 0.2) is 18.5 Å². The number of rotatable bonds is 5. The van der Waals surface area contributed by atoms with E-state index in [1.807, 2.05) is 0 Å². The maximum atomic E-state index is 13.2. The number of hydrogen-bond donors (Lipinski definition) is 0. The number of aromatic nitrogens is 2. The summed E-state index contributed by atoms with van der Waals surface area (Å²) in [6, 6.07) is 1.26. The number of hydrogen-bond acceptors (Lipinski definition) is 6. The predicted molar refractivity (Wildman–Crippen MR) is 88.4 cm³/mol. The third-order valence-electron chi connectivity index (χ3n) is 2.95. The molecule has 0 spiro atoms. The highest BCUT2D eigenvalue weighted by Crippen LogP contribution is 2.28. The van der Waals surface area contributed by atoms with Crippen LogP contribution >= 0.6 is 11.3 Å². The molecule has 23 heavy (non-hydrogen) atoms. The Morgan fingerprint density at radius 1 is 1.43 bits per heavy atom. The number of amides is 1. The van der Waals surface area contributed by atoms with Gasteiger partial charge in [-0.15, -0.1) is 0 Å². The number of thiazole rings is 1. The van der Waals surface area contributed by atoms with Crippen molar-refractivity contribution in [3.8, 4) is 10.6 Å². The summed E-state index contributed by atoms with van der Waals surface area (Å²) in [5, 5.41) is 0.801. The van der Waals surface area contributed by atoms with E-state index in [9.17, 15) is 17.6 Å². The second-order valence-corrected chi connectivity index (χ2v) is 8.17. The highest BCUT2D eigenvalue weighted by molar-refractivity contribution is 7.90. The quantitative estimate of drug-likeness (QED) is 0.733. The van der Waals surface area contributed by atoms with Gasteiger partial charge in [-0.1, -0.05) is 11.3 Å². The van der Waals surface area contributed by atoms with Gasteiger partial charge in [0, 0.05) is 37.1 Å². The van der Waals surface area contributed by atoms with Gasteiger partial charge in [0.25, 0.3) is 0 Å². The van der Waals surface area contributed by atoms with Gasteiger partial charge in [-0.05, 0) is 6.07 Å².